The zero-order valence-electron chi connectivity index (χ0n) is 7.70. The zero-order valence-corrected chi connectivity index (χ0v) is 8.45. The van der Waals surface area contributed by atoms with Crippen molar-refractivity contribution in [1.29, 1.82) is 0 Å². The molecule has 14 heavy (non-hydrogen) atoms. The molecule has 72 valence electrons. The lowest BCUT2D eigenvalue weighted by Gasteiger charge is -2.01. The molecule has 0 aliphatic heterocycles. The number of pyridine rings is 1. The number of aromatic nitrogens is 2. The van der Waals surface area contributed by atoms with E-state index in [1.807, 2.05) is 6.92 Å². The monoisotopic (exact) mass is 208 g/mol. The molecule has 0 N–H and O–H groups in total. The Morgan fingerprint density at radius 2 is 2.29 bits per heavy atom. The van der Waals surface area contributed by atoms with Crippen LogP contribution in [0.2, 0.25) is 5.02 Å². The maximum Gasteiger partial charge on any atom is 0.258 e. The highest BCUT2D eigenvalue weighted by Gasteiger charge is 2.00. The number of fused-ring (bicyclic) bond motifs is 1. The van der Waals surface area contributed by atoms with Crippen molar-refractivity contribution in [2.75, 3.05) is 0 Å². The Balaban J connectivity index is 2.83. The van der Waals surface area contributed by atoms with Gasteiger partial charge in [0.2, 0.25) is 0 Å². The molecule has 0 radical (unpaired) electrons. The predicted molar refractivity (Wildman–Crippen MR) is 55.9 cm³/mol. The van der Waals surface area contributed by atoms with E-state index in [1.165, 1.54) is 10.5 Å². The largest absolute Gasteiger partial charge is 0.269 e. The summed E-state index contributed by atoms with van der Waals surface area (Å²) in [7, 11) is 0. The quantitative estimate of drug-likeness (QED) is 0.718. The fraction of sp³-hybridized carbons (Fsp3) is 0.200. The van der Waals surface area contributed by atoms with Crippen LogP contribution in [0.25, 0.3) is 5.65 Å². The van der Waals surface area contributed by atoms with Crippen molar-refractivity contribution in [1.82, 2.24) is 9.38 Å². The van der Waals surface area contributed by atoms with Gasteiger partial charge in [-0.15, -0.1) is 0 Å². The van der Waals surface area contributed by atoms with Crippen LogP contribution in [0.1, 0.15) is 12.6 Å². The summed E-state index contributed by atoms with van der Waals surface area (Å²) in [5.74, 6) is 0. The van der Waals surface area contributed by atoms with Gasteiger partial charge >= 0.3 is 0 Å². The predicted octanol–water partition coefficient (Wildman–Crippen LogP) is 1.91. The van der Waals surface area contributed by atoms with Crippen molar-refractivity contribution in [3.05, 3.63) is 45.5 Å². The molecule has 0 spiro atoms. The molecule has 2 aromatic rings. The first-order valence-corrected chi connectivity index (χ1v) is 4.76. The highest BCUT2D eigenvalue weighted by molar-refractivity contribution is 6.30. The summed E-state index contributed by atoms with van der Waals surface area (Å²) in [6, 6.07) is 5.00. The van der Waals surface area contributed by atoms with Crippen LogP contribution in [-0.4, -0.2) is 9.38 Å². The SMILES string of the molecule is CCc1cc(=O)n2cc(Cl)ccc2n1. The maximum absolute atomic E-state index is 11.6. The van der Waals surface area contributed by atoms with Gasteiger partial charge in [0.1, 0.15) is 5.65 Å². The molecule has 2 rings (SSSR count). The van der Waals surface area contributed by atoms with E-state index in [4.69, 9.17) is 11.6 Å². The van der Waals surface area contributed by atoms with Crippen LogP contribution in [0.3, 0.4) is 0 Å². The second-order valence-electron chi connectivity index (χ2n) is 3.01. The highest BCUT2D eigenvalue weighted by atomic mass is 35.5. The average molecular weight is 209 g/mol. The van der Waals surface area contributed by atoms with Crippen LogP contribution < -0.4 is 5.56 Å². The lowest BCUT2D eigenvalue weighted by Crippen LogP contribution is -2.14. The summed E-state index contributed by atoms with van der Waals surface area (Å²) in [5, 5.41) is 0.533. The Labute approximate surface area is 86.0 Å². The second-order valence-corrected chi connectivity index (χ2v) is 3.45. The number of rotatable bonds is 1. The minimum Gasteiger partial charge on any atom is -0.269 e. The molecule has 0 saturated heterocycles. The Bertz CT molecular complexity index is 533. The number of hydrogen-bond acceptors (Lipinski definition) is 2. The molecular formula is C10H9ClN2O. The van der Waals surface area contributed by atoms with Crippen LogP contribution in [0.15, 0.2) is 29.2 Å². The van der Waals surface area contributed by atoms with Gasteiger partial charge < -0.3 is 0 Å². The van der Waals surface area contributed by atoms with Crippen LogP contribution >= 0.6 is 11.6 Å². The van der Waals surface area contributed by atoms with E-state index in [0.717, 1.165) is 12.1 Å². The fourth-order valence-electron chi connectivity index (χ4n) is 1.31. The first-order valence-electron chi connectivity index (χ1n) is 4.38. The van der Waals surface area contributed by atoms with Gasteiger partial charge in [-0.1, -0.05) is 18.5 Å². The van der Waals surface area contributed by atoms with Crippen molar-refractivity contribution >= 4 is 17.2 Å². The van der Waals surface area contributed by atoms with E-state index in [2.05, 4.69) is 4.98 Å². The lowest BCUT2D eigenvalue weighted by molar-refractivity contribution is 0.966. The molecule has 0 bridgehead atoms. The standard InChI is InChI=1S/C10H9ClN2O/c1-2-8-5-10(14)13-6-7(11)3-4-9(13)12-8/h3-6H,2H2,1H3. The first-order chi connectivity index (χ1) is 6.70. The van der Waals surface area contributed by atoms with Crippen molar-refractivity contribution in [2.24, 2.45) is 0 Å². The second kappa shape index (κ2) is 3.42. The molecule has 0 saturated carbocycles. The van der Waals surface area contributed by atoms with E-state index in [9.17, 15) is 4.79 Å². The van der Waals surface area contributed by atoms with Crippen molar-refractivity contribution in [3.63, 3.8) is 0 Å². The molecular weight excluding hydrogens is 200 g/mol. The number of halogens is 1. The van der Waals surface area contributed by atoms with Gasteiger partial charge in [-0.25, -0.2) is 4.98 Å². The fourth-order valence-corrected chi connectivity index (χ4v) is 1.47. The lowest BCUT2D eigenvalue weighted by atomic mass is 10.3. The molecule has 0 aliphatic carbocycles. The van der Waals surface area contributed by atoms with Gasteiger partial charge in [0.15, 0.2) is 0 Å². The van der Waals surface area contributed by atoms with Gasteiger partial charge in [-0.2, -0.15) is 0 Å². The minimum absolute atomic E-state index is 0.0886. The number of nitrogens with zero attached hydrogens (tertiary/aromatic N) is 2. The molecule has 0 fully saturated rings. The molecule has 2 aromatic heterocycles. The molecule has 0 unspecified atom stereocenters. The van der Waals surface area contributed by atoms with E-state index >= 15 is 0 Å². The zero-order chi connectivity index (χ0) is 10.1. The third-order valence-electron chi connectivity index (χ3n) is 2.04. The molecule has 2 heterocycles. The van der Waals surface area contributed by atoms with E-state index in [-0.39, 0.29) is 5.56 Å². The third kappa shape index (κ3) is 1.51. The Morgan fingerprint density at radius 3 is 3.00 bits per heavy atom. The Morgan fingerprint density at radius 1 is 1.50 bits per heavy atom. The van der Waals surface area contributed by atoms with Crippen LogP contribution in [0.5, 0.6) is 0 Å². The van der Waals surface area contributed by atoms with Gasteiger partial charge in [-0.3, -0.25) is 9.20 Å². The maximum atomic E-state index is 11.6. The topological polar surface area (TPSA) is 34.4 Å². The Hall–Kier alpha value is -1.35. The number of hydrogen-bond donors (Lipinski definition) is 0. The first kappa shape index (κ1) is 9.21. The van der Waals surface area contributed by atoms with Crippen molar-refractivity contribution < 1.29 is 0 Å². The summed E-state index contributed by atoms with van der Waals surface area (Å²) in [5.41, 5.74) is 1.35. The smallest absolute Gasteiger partial charge is 0.258 e. The summed E-state index contributed by atoms with van der Waals surface area (Å²) in [6.07, 6.45) is 2.33. The van der Waals surface area contributed by atoms with E-state index in [1.54, 1.807) is 18.3 Å². The van der Waals surface area contributed by atoms with E-state index in [0.29, 0.717) is 10.7 Å². The van der Waals surface area contributed by atoms with Crippen LogP contribution in [0, 0.1) is 0 Å². The molecule has 0 atom stereocenters. The normalized spacial score (nSPS) is 10.7. The summed E-state index contributed by atoms with van der Waals surface area (Å²) < 4.78 is 1.45. The molecule has 0 aromatic carbocycles. The number of aryl methyl sites for hydroxylation is 1. The minimum atomic E-state index is -0.0886. The van der Waals surface area contributed by atoms with Gasteiger partial charge in [0, 0.05) is 18.0 Å². The van der Waals surface area contributed by atoms with Crippen molar-refractivity contribution in [3.8, 4) is 0 Å². The Kier molecular flexibility index (Phi) is 2.25. The van der Waals surface area contributed by atoms with Gasteiger partial charge in [0.25, 0.3) is 5.56 Å². The average Bonchev–Trinajstić information content (AvgIpc) is 2.19. The molecule has 0 aliphatic rings. The van der Waals surface area contributed by atoms with Crippen molar-refractivity contribution in [2.45, 2.75) is 13.3 Å². The third-order valence-corrected chi connectivity index (χ3v) is 2.26. The van der Waals surface area contributed by atoms with E-state index < -0.39 is 0 Å². The summed E-state index contributed by atoms with van der Waals surface area (Å²) in [4.78, 5) is 15.9. The van der Waals surface area contributed by atoms with Crippen LogP contribution in [-0.2, 0) is 6.42 Å². The molecule has 0 amide bonds. The molecule has 3 nitrogen and oxygen atoms in total. The summed E-state index contributed by atoms with van der Waals surface area (Å²) in [6.45, 7) is 1.97. The molecule has 4 heteroatoms. The summed E-state index contributed by atoms with van der Waals surface area (Å²) >= 11 is 5.78. The van der Waals surface area contributed by atoms with Gasteiger partial charge in [-0.05, 0) is 18.6 Å². The van der Waals surface area contributed by atoms with Gasteiger partial charge in [0.05, 0.1) is 5.02 Å². The van der Waals surface area contributed by atoms with Crippen LogP contribution in [0.4, 0.5) is 0 Å². The highest BCUT2D eigenvalue weighted by Crippen LogP contribution is 2.08.